The highest BCUT2D eigenvalue weighted by molar-refractivity contribution is 6.09. The van der Waals surface area contributed by atoms with Crippen molar-refractivity contribution in [1.29, 1.82) is 0 Å². The molecule has 6 rings (SSSR count). The van der Waals surface area contributed by atoms with Gasteiger partial charge in [0, 0.05) is 11.5 Å². The van der Waals surface area contributed by atoms with Gasteiger partial charge in [-0.2, -0.15) is 0 Å². The number of nitrogens with one attached hydrogen (secondary N) is 1. The van der Waals surface area contributed by atoms with Crippen LogP contribution in [0.2, 0.25) is 0 Å². The second-order valence-corrected chi connectivity index (χ2v) is 8.56. The zero-order valence-electron chi connectivity index (χ0n) is 18.3. The van der Waals surface area contributed by atoms with Gasteiger partial charge < -0.3 is 19.2 Å². The first-order valence-corrected chi connectivity index (χ1v) is 10.9. The van der Waals surface area contributed by atoms with Crippen molar-refractivity contribution >= 4 is 33.7 Å². The van der Waals surface area contributed by atoms with Gasteiger partial charge in [0.1, 0.15) is 24.3 Å². The van der Waals surface area contributed by atoms with Crippen molar-refractivity contribution in [2.24, 2.45) is 0 Å². The molecule has 0 aliphatic carbocycles. The quantitative estimate of drug-likeness (QED) is 0.287. The fraction of sp³-hybridized carbons (Fsp3) is 0.192. The molecule has 0 unspecified atom stereocenters. The number of hydrogen-bond acceptors (Lipinski definition) is 6. The molecule has 3 amide bonds. The van der Waals surface area contributed by atoms with Gasteiger partial charge in [0.05, 0.1) is 6.54 Å². The van der Waals surface area contributed by atoms with Crippen LogP contribution in [0.25, 0.3) is 21.7 Å². The van der Waals surface area contributed by atoms with E-state index in [9.17, 15) is 14.4 Å². The van der Waals surface area contributed by atoms with E-state index < -0.39 is 23.1 Å². The van der Waals surface area contributed by atoms with Gasteiger partial charge in [-0.1, -0.05) is 36.4 Å². The van der Waals surface area contributed by atoms with Crippen LogP contribution >= 0.6 is 0 Å². The first-order chi connectivity index (χ1) is 16.4. The van der Waals surface area contributed by atoms with Gasteiger partial charge in [-0.15, -0.1) is 0 Å². The average Bonchev–Trinajstić information content (AvgIpc) is 3.07. The molecule has 34 heavy (non-hydrogen) atoms. The summed E-state index contributed by atoms with van der Waals surface area (Å²) >= 11 is 0. The number of amides is 3. The van der Waals surface area contributed by atoms with Gasteiger partial charge in [-0.05, 0) is 47.0 Å². The largest absolute Gasteiger partial charge is 0.486 e. The van der Waals surface area contributed by atoms with E-state index in [-0.39, 0.29) is 6.54 Å². The predicted molar refractivity (Wildman–Crippen MR) is 124 cm³/mol. The average molecular weight is 456 g/mol. The Labute approximate surface area is 193 Å². The van der Waals surface area contributed by atoms with Crippen LogP contribution in [0.1, 0.15) is 18.1 Å². The normalized spacial score (nSPS) is 19.6. The van der Waals surface area contributed by atoms with Gasteiger partial charge in [0.2, 0.25) is 0 Å². The van der Waals surface area contributed by atoms with Crippen LogP contribution in [-0.4, -0.2) is 30.1 Å². The molecule has 3 aromatic carbocycles. The minimum atomic E-state index is -1.29. The lowest BCUT2D eigenvalue weighted by molar-refractivity contribution is -0.131. The van der Waals surface area contributed by atoms with Crippen molar-refractivity contribution in [2.75, 3.05) is 13.2 Å². The Hall–Kier alpha value is -4.33. The lowest BCUT2D eigenvalue weighted by atomic mass is 9.91. The van der Waals surface area contributed by atoms with Crippen LogP contribution in [0.3, 0.4) is 0 Å². The molecule has 8 nitrogen and oxygen atoms in total. The third-order valence-electron chi connectivity index (χ3n) is 6.44. The van der Waals surface area contributed by atoms with Crippen LogP contribution in [0, 0.1) is 0 Å². The highest BCUT2D eigenvalue weighted by Crippen LogP contribution is 2.37. The number of fused-ring (bicyclic) bond motifs is 4. The van der Waals surface area contributed by atoms with E-state index in [2.05, 4.69) is 5.32 Å². The fourth-order valence-electron chi connectivity index (χ4n) is 4.71. The summed E-state index contributed by atoms with van der Waals surface area (Å²) in [5.74, 6) is 0.709. The standard InChI is InChI=1S/C26H20N2O6/c1-26(17-7-9-19-21(13-17)33-11-10-32-19)24(30)28(25(31)27-26)14-16-12-22(29)34-20-8-6-15-4-2-3-5-18(15)23(16)20/h2-9,12-13H,10-11,14H2,1H3,(H,27,31)/t26-/m1/s1. The van der Waals surface area contributed by atoms with Crippen LogP contribution in [0.5, 0.6) is 11.5 Å². The summed E-state index contributed by atoms with van der Waals surface area (Å²) in [7, 11) is 0. The Kier molecular flexibility index (Phi) is 4.38. The number of hydrogen-bond donors (Lipinski definition) is 1. The molecule has 170 valence electrons. The summed E-state index contributed by atoms with van der Waals surface area (Å²) < 4.78 is 16.6. The van der Waals surface area contributed by atoms with Crippen LogP contribution < -0.4 is 20.4 Å². The third-order valence-corrected chi connectivity index (χ3v) is 6.44. The van der Waals surface area contributed by atoms with Crippen LogP contribution in [0.15, 0.2) is 69.9 Å². The summed E-state index contributed by atoms with van der Waals surface area (Å²) in [5, 5.41) is 5.35. The number of nitrogens with zero attached hydrogens (tertiary/aromatic N) is 1. The maximum absolute atomic E-state index is 13.6. The monoisotopic (exact) mass is 456 g/mol. The van der Waals surface area contributed by atoms with Crippen LogP contribution in [0.4, 0.5) is 4.79 Å². The second kappa shape index (κ2) is 7.34. The highest BCUT2D eigenvalue weighted by atomic mass is 16.6. The smallest absolute Gasteiger partial charge is 0.336 e. The molecule has 1 fully saturated rings. The van der Waals surface area contributed by atoms with Gasteiger partial charge in [-0.25, -0.2) is 9.59 Å². The maximum Gasteiger partial charge on any atom is 0.336 e. The molecular formula is C26H20N2O6. The third kappa shape index (κ3) is 3.02. The van der Waals surface area contributed by atoms with Crippen molar-refractivity contribution in [3.05, 3.63) is 82.2 Å². The summed E-state index contributed by atoms with van der Waals surface area (Å²) in [5.41, 5.74) is -0.301. The molecule has 0 radical (unpaired) electrons. The summed E-state index contributed by atoms with van der Waals surface area (Å²) in [4.78, 5) is 39.9. The Morgan fingerprint density at radius 2 is 1.74 bits per heavy atom. The topological polar surface area (TPSA) is 98.1 Å². The Balaban J connectivity index is 1.41. The number of imide groups is 1. The van der Waals surface area contributed by atoms with Gasteiger partial charge in [0.15, 0.2) is 11.5 Å². The van der Waals surface area contributed by atoms with E-state index in [1.54, 1.807) is 31.2 Å². The van der Waals surface area contributed by atoms with Crippen molar-refractivity contribution in [2.45, 2.75) is 19.0 Å². The first kappa shape index (κ1) is 20.3. The minimum Gasteiger partial charge on any atom is -0.486 e. The molecule has 1 atom stereocenters. The van der Waals surface area contributed by atoms with Crippen molar-refractivity contribution in [1.82, 2.24) is 10.2 Å². The Morgan fingerprint density at radius 3 is 2.59 bits per heavy atom. The zero-order valence-corrected chi connectivity index (χ0v) is 18.3. The van der Waals surface area contributed by atoms with E-state index in [4.69, 9.17) is 13.9 Å². The molecule has 0 bridgehead atoms. The molecule has 3 heterocycles. The molecule has 2 aliphatic rings. The number of urea groups is 1. The fourth-order valence-corrected chi connectivity index (χ4v) is 4.71. The molecule has 1 saturated heterocycles. The summed E-state index contributed by atoms with van der Waals surface area (Å²) in [6, 6.07) is 17.3. The van der Waals surface area contributed by atoms with E-state index in [0.29, 0.717) is 46.8 Å². The van der Waals surface area contributed by atoms with Crippen molar-refractivity contribution in [3.63, 3.8) is 0 Å². The molecule has 0 spiro atoms. The summed E-state index contributed by atoms with van der Waals surface area (Å²) in [6.45, 7) is 2.46. The molecule has 8 heteroatoms. The second-order valence-electron chi connectivity index (χ2n) is 8.56. The number of carbonyl (C=O) groups is 2. The molecular weight excluding hydrogens is 436 g/mol. The van der Waals surface area contributed by atoms with Crippen molar-refractivity contribution in [3.8, 4) is 11.5 Å². The van der Waals surface area contributed by atoms with Crippen molar-refractivity contribution < 1.29 is 23.5 Å². The minimum absolute atomic E-state index is 0.0685. The Morgan fingerprint density at radius 1 is 0.941 bits per heavy atom. The predicted octanol–water partition coefficient (Wildman–Crippen LogP) is 3.68. The summed E-state index contributed by atoms with van der Waals surface area (Å²) in [6.07, 6.45) is 0. The van der Waals surface area contributed by atoms with Crippen LogP contribution in [-0.2, 0) is 16.9 Å². The molecule has 4 aromatic rings. The number of carbonyl (C=O) groups excluding carboxylic acids is 2. The van der Waals surface area contributed by atoms with Gasteiger partial charge >= 0.3 is 11.7 Å². The SMILES string of the molecule is C[C@]1(c2ccc3c(c2)OCCO3)NC(=O)N(Cc2cc(=O)oc3ccc4ccccc4c23)C1=O. The van der Waals surface area contributed by atoms with E-state index in [1.807, 2.05) is 30.3 Å². The molecule has 1 N–H and O–H groups in total. The maximum atomic E-state index is 13.6. The van der Waals surface area contributed by atoms with E-state index in [1.165, 1.54) is 6.07 Å². The lowest BCUT2D eigenvalue weighted by Gasteiger charge is -2.25. The lowest BCUT2D eigenvalue weighted by Crippen LogP contribution is -2.41. The number of rotatable bonds is 3. The van der Waals surface area contributed by atoms with E-state index >= 15 is 0 Å². The van der Waals surface area contributed by atoms with Gasteiger partial charge in [-0.3, -0.25) is 9.69 Å². The molecule has 2 aliphatic heterocycles. The first-order valence-electron chi connectivity index (χ1n) is 10.9. The Bertz CT molecular complexity index is 1560. The number of ether oxygens (including phenoxy) is 2. The van der Waals surface area contributed by atoms with E-state index in [0.717, 1.165) is 15.7 Å². The molecule has 0 saturated carbocycles. The highest BCUT2D eigenvalue weighted by Gasteiger charge is 2.49. The zero-order chi connectivity index (χ0) is 23.4. The number of benzene rings is 3. The van der Waals surface area contributed by atoms with Gasteiger partial charge in [0.25, 0.3) is 5.91 Å². The molecule has 1 aromatic heterocycles.